The Balaban J connectivity index is 2.17. The molecule has 1 N–H and O–H groups in total. The van der Waals surface area contributed by atoms with Crippen LogP contribution in [-0.4, -0.2) is 6.54 Å². The van der Waals surface area contributed by atoms with Crippen LogP contribution in [0.4, 0.5) is 5.69 Å². The molecule has 3 aromatic rings. The zero-order chi connectivity index (χ0) is 13.1. The average molecular weight is 267 g/mol. The van der Waals surface area contributed by atoms with E-state index in [2.05, 4.69) is 66.8 Å². The van der Waals surface area contributed by atoms with Gasteiger partial charge in [0.05, 0.1) is 10.6 Å². The van der Waals surface area contributed by atoms with Crippen molar-refractivity contribution in [2.24, 2.45) is 0 Å². The van der Waals surface area contributed by atoms with Crippen molar-refractivity contribution in [2.45, 2.75) is 13.3 Å². The molecule has 0 fully saturated rings. The summed E-state index contributed by atoms with van der Waals surface area (Å²) in [6.07, 6.45) is 1.14. The highest BCUT2D eigenvalue weighted by Gasteiger charge is 2.12. The maximum atomic E-state index is 3.59. The number of fused-ring (bicyclic) bond motifs is 1. The fourth-order valence-electron chi connectivity index (χ4n) is 2.26. The van der Waals surface area contributed by atoms with Crippen LogP contribution in [0.5, 0.6) is 0 Å². The molecule has 1 nitrogen and oxygen atoms in total. The van der Waals surface area contributed by atoms with Gasteiger partial charge in [-0.1, -0.05) is 55.5 Å². The molecule has 2 aromatic carbocycles. The summed E-state index contributed by atoms with van der Waals surface area (Å²) in [4.78, 5) is 1.34. The number of thiophene rings is 1. The minimum absolute atomic E-state index is 1.01. The number of nitrogens with one attached hydrogen (secondary N) is 1. The van der Waals surface area contributed by atoms with Gasteiger partial charge in [0.25, 0.3) is 0 Å². The Morgan fingerprint density at radius 1 is 0.947 bits per heavy atom. The van der Waals surface area contributed by atoms with Crippen molar-refractivity contribution in [3.63, 3.8) is 0 Å². The SMILES string of the molecule is CCCNc1c(-c2ccccc2)sc2ccccc12. The molecule has 0 unspecified atom stereocenters. The molecule has 3 rings (SSSR count). The number of rotatable bonds is 4. The van der Waals surface area contributed by atoms with E-state index in [1.54, 1.807) is 0 Å². The second-order valence-corrected chi connectivity index (χ2v) is 5.65. The van der Waals surface area contributed by atoms with Gasteiger partial charge >= 0.3 is 0 Å². The van der Waals surface area contributed by atoms with Crippen molar-refractivity contribution in [1.29, 1.82) is 0 Å². The monoisotopic (exact) mass is 267 g/mol. The number of benzene rings is 2. The van der Waals surface area contributed by atoms with Gasteiger partial charge in [-0.15, -0.1) is 11.3 Å². The third kappa shape index (κ3) is 2.36. The highest BCUT2D eigenvalue weighted by Crippen LogP contribution is 2.42. The van der Waals surface area contributed by atoms with Crippen LogP contribution in [0.25, 0.3) is 20.5 Å². The maximum Gasteiger partial charge on any atom is 0.0609 e. The van der Waals surface area contributed by atoms with E-state index in [4.69, 9.17) is 0 Å². The third-order valence-corrected chi connectivity index (χ3v) is 4.40. The van der Waals surface area contributed by atoms with Crippen LogP contribution in [0.3, 0.4) is 0 Å². The molecule has 0 saturated heterocycles. The summed E-state index contributed by atoms with van der Waals surface area (Å²) < 4.78 is 1.35. The molecule has 0 bridgehead atoms. The molecule has 0 atom stereocenters. The van der Waals surface area contributed by atoms with Crippen molar-refractivity contribution in [3.8, 4) is 10.4 Å². The molecule has 0 amide bonds. The minimum Gasteiger partial charge on any atom is -0.383 e. The van der Waals surface area contributed by atoms with Crippen LogP contribution >= 0.6 is 11.3 Å². The van der Waals surface area contributed by atoms with Crippen LogP contribution in [0.15, 0.2) is 54.6 Å². The van der Waals surface area contributed by atoms with E-state index >= 15 is 0 Å². The lowest BCUT2D eigenvalue weighted by molar-refractivity contribution is 0.982. The van der Waals surface area contributed by atoms with Gasteiger partial charge in [-0.3, -0.25) is 0 Å². The molecule has 0 aliphatic heterocycles. The fraction of sp³-hybridized carbons (Fsp3) is 0.176. The van der Waals surface area contributed by atoms with Gasteiger partial charge in [-0.25, -0.2) is 0 Å². The van der Waals surface area contributed by atoms with Gasteiger partial charge in [0.15, 0.2) is 0 Å². The molecule has 2 heteroatoms. The van der Waals surface area contributed by atoms with Crippen LogP contribution in [0.2, 0.25) is 0 Å². The standard InChI is InChI=1S/C17H17NS/c1-2-12-18-16-14-10-6-7-11-15(14)19-17(16)13-8-4-3-5-9-13/h3-11,18H,2,12H2,1H3. The third-order valence-electron chi connectivity index (χ3n) is 3.18. The predicted molar refractivity (Wildman–Crippen MR) is 86.0 cm³/mol. The van der Waals surface area contributed by atoms with Crippen LogP contribution < -0.4 is 5.32 Å². The highest BCUT2D eigenvalue weighted by molar-refractivity contribution is 7.23. The second-order valence-electron chi connectivity index (χ2n) is 4.60. The molecule has 0 saturated carbocycles. The number of anilines is 1. The number of hydrogen-bond donors (Lipinski definition) is 1. The van der Waals surface area contributed by atoms with Gasteiger partial charge < -0.3 is 5.32 Å². The van der Waals surface area contributed by atoms with Crippen LogP contribution in [0.1, 0.15) is 13.3 Å². The zero-order valence-electron chi connectivity index (χ0n) is 11.0. The van der Waals surface area contributed by atoms with E-state index in [9.17, 15) is 0 Å². The van der Waals surface area contributed by atoms with E-state index in [0.29, 0.717) is 0 Å². The quantitative estimate of drug-likeness (QED) is 0.668. The van der Waals surface area contributed by atoms with Crippen LogP contribution in [-0.2, 0) is 0 Å². The number of hydrogen-bond acceptors (Lipinski definition) is 2. The Morgan fingerprint density at radius 3 is 2.47 bits per heavy atom. The molecule has 0 aliphatic carbocycles. The lowest BCUT2D eigenvalue weighted by Gasteiger charge is -2.07. The first-order valence-corrected chi connectivity index (χ1v) is 7.52. The molecule has 0 radical (unpaired) electrons. The molecule has 0 spiro atoms. The molecule has 1 heterocycles. The largest absolute Gasteiger partial charge is 0.383 e. The summed E-state index contributed by atoms with van der Waals surface area (Å²) in [7, 11) is 0. The fourth-order valence-corrected chi connectivity index (χ4v) is 3.45. The first kappa shape index (κ1) is 12.2. The lowest BCUT2D eigenvalue weighted by Crippen LogP contribution is -1.99. The summed E-state index contributed by atoms with van der Waals surface area (Å²) in [5, 5.41) is 4.93. The predicted octanol–water partition coefficient (Wildman–Crippen LogP) is 5.39. The van der Waals surface area contributed by atoms with Crippen molar-refractivity contribution < 1.29 is 0 Å². The van der Waals surface area contributed by atoms with Crippen molar-refractivity contribution in [1.82, 2.24) is 0 Å². The van der Waals surface area contributed by atoms with E-state index in [-0.39, 0.29) is 0 Å². The van der Waals surface area contributed by atoms with E-state index in [1.807, 2.05) is 11.3 Å². The van der Waals surface area contributed by atoms with Gasteiger partial charge in [-0.2, -0.15) is 0 Å². The second kappa shape index (κ2) is 5.45. The summed E-state index contributed by atoms with van der Waals surface area (Å²) >= 11 is 1.86. The molecule has 19 heavy (non-hydrogen) atoms. The van der Waals surface area contributed by atoms with Gasteiger partial charge in [-0.05, 0) is 18.1 Å². The Labute approximate surface area is 117 Å². The maximum absolute atomic E-state index is 3.59. The van der Waals surface area contributed by atoms with Crippen molar-refractivity contribution >= 4 is 27.1 Å². The first-order chi connectivity index (χ1) is 9.40. The summed E-state index contributed by atoms with van der Waals surface area (Å²) in [6, 6.07) is 19.3. The Kier molecular flexibility index (Phi) is 3.51. The molecular formula is C17H17NS. The first-order valence-electron chi connectivity index (χ1n) is 6.71. The Bertz CT molecular complexity index is 670. The molecule has 1 aromatic heterocycles. The van der Waals surface area contributed by atoms with Gasteiger partial charge in [0, 0.05) is 16.6 Å². The van der Waals surface area contributed by atoms with E-state index in [1.165, 1.54) is 26.2 Å². The van der Waals surface area contributed by atoms with Gasteiger partial charge in [0.2, 0.25) is 0 Å². The average Bonchev–Trinajstić information content (AvgIpc) is 2.85. The Morgan fingerprint density at radius 2 is 1.68 bits per heavy atom. The Hall–Kier alpha value is -1.80. The summed E-state index contributed by atoms with van der Waals surface area (Å²) in [6.45, 7) is 3.21. The smallest absolute Gasteiger partial charge is 0.0609 e. The minimum atomic E-state index is 1.01. The normalized spacial score (nSPS) is 10.8. The summed E-state index contributed by atoms with van der Waals surface area (Å²) in [5.41, 5.74) is 2.58. The molecule has 96 valence electrons. The highest BCUT2D eigenvalue weighted by atomic mass is 32.1. The van der Waals surface area contributed by atoms with E-state index in [0.717, 1.165) is 13.0 Å². The van der Waals surface area contributed by atoms with E-state index < -0.39 is 0 Å². The molecular weight excluding hydrogens is 250 g/mol. The zero-order valence-corrected chi connectivity index (χ0v) is 11.8. The molecule has 0 aliphatic rings. The van der Waals surface area contributed by atoms with Gasteiger partial charge in [0.1, 0.15) is 0 Å². The topological polar surface area (TPSA) is 12.0 Å². The van der Waals surface area contributed by atoms with Crippen molar-refractivity contribution in [2.75, 3.05) is 11.9 Å². The lowest BCUT2D eigenvalue weighted by atomic mass is 10.1. The van der Waals surface area contributed by atoms with Crippen molar-refractivity contribution in [3.05, 3.63) is 54.6 Å². The summed E-state index contributed by atoms with van der Waals surface area (Å²) in [5.74, 6) is 0. The van der Waals surface area contributed by atoms with Crippen LogP contribution in [0, 0.1) is 0 Å².